The zero-order valence-electron chi connectivity index (χ0n) is 5.85. The van der Waals surface area contributed by atoms with E-state index in [1.807, 2.05) is 0 Å². The number of rotatable bonds is 4. The summed E-state index contributed by atoms with van der Waals surface area (Å²) in [5.74, 6) is 0.713. The molecule has 0 fully saturated rings. The van der Waals surface area contributed by atoms with E-state index in [0.29, 0.717) is 5.92 Å². The lowest BCUT2D eigenvalue weighted by Gasteiger charge is -2.05. The summed E-state index contributed by atoms with van der Waals surface area (Å²) < 4.78 is 0. The zero-order valence-corrected chi connectivity index (χ0v) is 5.85. The quantitative estimate of drug-likeness (QED) is 0.590. The molecule has 1 unspecified atom stereocenters. The standard InChI is InChI=1S/C7H16N/c1-3-4-7(2)5-6-8/h5,7H,3-4,6,8H2,1-2H3. The molecule has 0 heterocycles. The van der Waals surface area contributed by atoms with Crippen molar-refractivity contribution in [1.29, 1.82) is 0 Å². The third kappa shape index (κ3) is 4.13. The fourth-order valence-electron chi connectivity index (χ4n) is 0.806. The number of hydrogen-bond donors (Lipinski definition) is 1. The highest BCUT2D eigenvalue weighted by Gasteiger charge is 1.96. The van der Waals surface area contributed by atoms with Gasteiger partial charge in [-0.15, -0.1) is 0 Å². The van der Waals surface area contributed by atoms with Crippen molar-refractivity contribution in [3.05, 3.63) is 6.42 Å². The number of hydrogen-bond acceptors (Lipinski definition) is 1. The van der Waals surface area contributed by atoms with E-state index < -0.39 is 0 Å². The Labute approximate surface area is 52.3 Å². The van der Waals surface area contributed by atoms with Gasteiger partial charge in [0, 0.05) is 0 Å². The van der Waals surface area contributed by atoms with Crippen LogP contribution in [-0.2, 0) is 0 Å². The Balaban J connectivity index is 2.92. The molecule has 0 spiro atoms. The van der Waals surface area contributed by atoms with E-state index in [2.05, 4.69) is 20.3 Å². The lowest BCUT2D eigenvalue weighted by Crippen LogP contribution is -2.06. The minimum Gasteiger partial charge on any atom is -0.330 e. The molecule has 0 bridgehead atoms. The Hall–Kier alpha value is -0.0400. The molecule has 0 aromatic carbocycles. The highest BCUT2D eigenvalue weighted by Crippen LogP contribution is 2.06. The maximum Gasteiger partial charge on any atom is -0.00431 e. The average Bonchev–Trinajstić information content (AvgIpc) is 1.68. The Kier molecular flexibility index (Phi) is 5.08. The van der Waals surface area contributed by atoms with Crippen molar-refractivity contribution in [2.45, 2.75) is 26.7 Å². The van der Waals surface area contributed by atoms with Crippen molar-refractivity contribution < 1.29 is 0 Å². The van der Waals surface area contributed by atoms with Gasteiger partial charge in [-0.3, -0.25) is 0 Å². The average molecular weight is 114 g/mol. The van der Waals surface area contributed by atoms with Gasteiger partial charge in [0.25, 0.3) is 0 Å². The minimum absolute atomic E-state index is 0.713. The van der Waals surface area contributed by atoms with Gasteiger partial charge in [-0.1, -0.05) is 26.7 Å². The molecule has 8 heavy (non-hydrogen) atoms. The van der Waals surface area contributed by atoms with Crippen LogP contribution >= 0.6 is 0 Å². The van der Waals surface area contributed by atoms with E-state index in [9.17, 15) is 0 Å². The Morgan fingerprint density at radius 3 is 2.62 bits per heavy atom. The predicted molar refractivity (Wildman–Crippen MR) is 37.4 cm³/mol. The second-order valence-corrected chi connectivity index (χ2v) is 2.24. The lowest BCUT2D eigenvalue weighted by molar-refractivity contribution is 0.586. The van der Waals surface area contributed by atoms with Crippen molar-refractivity contribution >= 4 is 0 Å². The van der Waals surface area contributed by atoms with Gasteiger partial charge >= 0.3 is 0 Å². The van der Waals surface area contributed by atoms with Crippen LogP contribution in [0.15, 0.2) is 0 Å². The number of nitrogens with two attached hydrogens (primary N) is 1. The molecule has 0 saturated heterocycles. The third-order valence-electron chi connectivity index (χ3n) is 1.28. The van der Waals surface area contributed by atoms with Crippen molar-refractivity contribution in [3.63, 3.8) is 0 Å². The lowest BCUT2D eigenvalue weighted by atomic mass is 10.0. The first kappa shape index (κ1) is 7.96. The molecular formula is C7H16N. The monoisotopic (exact) mass is 114 g/mol. The van der Waals surface area contributed by atoms with E-state index in [0.717, 1.165) is 6.54 Å². The maximum atomic E-state index is 5.30. The van der Waals surface area contributed by atoms with E-state index in [1.165, 1.54) is 12.8 Å². The van der Waals surface area contributed by atoms with Gasteiger partial charge in [0.05, 0.1) is 0 Å². The van der Waals surface area contributed by atoms with Gasteiger partial charge in [-0.05, 0) is 18.9 Å². The molecule has 1 radical (unpaired) electrons. The maximum absolute atomic E-state index is 5.30. The molecule has 49 valence electrons. The molecule has 0 amide bonds. The summed E-state index contributed by atoms with van der Waals surface area (Å²) in [4.78, 5) is 0. The van der Waals surface area contributed by atoms with E-state index in [4.69, 9.17) is 5.73 Å². The first-order valence-corrected chi connectivity index (χ1v) is 3.34. The SMILES string of the molecule is CCCC(C)[CH]CN. The van der Waals surface area contributed by atoms with Gasteiger partial charge in [-0.25, -0.2) is 0 Å². The van der Waals surface area contributed by atoms with E-state index >= 15 is 0 Å². The summed E-state index contributed by atoms with van der Waals surface area (Å²) >= 11 is 0. The van der Waals surface area contributed by atoms with Gasteiger partial charge in [0.2, 0.25) is 0 Å². The smallest absolute Gasteiger partial charge is 0.00431 e. The molecule has 0 saturated carbocycles. The fourth-order valence-corrected chi connectivity index (χ4v) is 0.806. The van der Waals surface area contributed by atoms with Crippen molar-refractivity contribution in [2.75, 3.05) is 6.54 Å². The van der Waals surface area contributed by atoms with Crippen LogP contribution in [0.25, 0.3) is 0 Å². The first-order valence-electron chi connectivity index (χ1n) is 3.34. The molecule has 0 aliphatic carbocycles. The van der Waals surface area contributed by atoms with Crippen LogP contribution in [0.3, 0.4) is 0 Å². The summed E-state index contributed by atoms with van der Waals surface area (Å²) in [5, 5.41) is 0. The molecular weight excluding hydrogens is 98.1 g/mol. The molecule has 0 aliphatic rings. The van der Waals surface area contributed by atoms with Crippen LogP contribution in [0, 0.1) is 12.3 Å². The van der Waals surface area contributed by atoms with E-state index in [1.54, 1.807) is 0 Å². The summed E-state index contributed by atoms with van der Waals surface area (Å²) in [5.41, 5.74) is 5.30. The van der Waals surface area contributed by atoms with Crippen molar-refractivity contribution in [3.8, 4) is 0 Å². The van der Waals surface area contributed by atoms with Crippen LogP contribution < -0.4 is 5.73 Å². The topological polar surface area (TPSA) is 26.0 Å². The minimum atomic E-state index is 0.713. The van der Waals surface area contributed by atoms with E-state index in [-0.39, 0.29) is 0 Å². The fraction of sp³-hybridized carbons (Fsp3) is 0.857. The third-order valence-corrected chi connectivity index (χ3v) is 1.28. The van der Waals surface area contributed by atoms with Gasteiger partial charge in [0.15, 0.2) is 0 Å². The van der Waals surface area contributed by atoms with Gasteiger partial charge in [-0.2, -0.15) is 0 Å². The van der Waals surface area contributed by atoms with Gasteiger partial charge in [0.1, 0.15) is 0 Å². The largest absolute Gasteiger partial charge is 0.330 e. The zero-order chi connectivity index (χ0) is 6.41. The first-order chi connectivity index (χ1) is 3.81. The molecule has 1 heteroatoms. The molecule has 0 rings (SSSR count). The molecule has 0 aromatic rings. The highest BCUT2D eigenvalue weighted by molar-refractivity contribution is 4.71. The summed E-state index contributed by atoms with van der Waals surface area (Å²) in [7, 11) is 0. The molecule has 0 aromatic heterocycles. The second-order valence-electron chi connectivity index (χ2n) is 2.24. The van der Waals surface area contributed by atoms with Crippen LogP contribution in [0.2, 0.25) is 0 Å². The van der Waals surface area contributed by atoms with Crippen LogP contribution in [0.4, 0.5) is 0 Å². The Morgan fingerprint density at radius 1 is 1.62 bits per heavy atom. The van der Waals surface area contributed by atoms with Crippen molar-refractivity contribution in [2.24, 2.45) is 11.7 Å². The molecule has 2 N–H and O–H groups in total. The normalized spacial score (nSPS) is 13.9. The van der Waals surface area contributed by atoms with Crippen LogP contribution in [-0.4, -0.2) is 6.54 Å². The molecule has 1 nitrogen and oxygen atoms in total. The van der Waals surface area contributed by atoms with Crippen molar-refractivity contribution in [1.82, 2.24) is 0 Å². The van der Waals surface area contributed by atoms with Crippen LogP contribution in [0.5, 0.6) is 0 Å². The molecule has 0 aliphatic heterocycles. The van der Waals surface area contributed by atoms with Crippen LogP contribution in [0.1, 0.15) is 26.7 Å². The highest BCUT2D eigenvalue weighted by atomic mass is 14.5. The Bertz CT molecular complexity index is 37.7. The summed E-state index contributed by atoms with van der Waals surface area (Å²) in [6, 6.07) is 0. The summed E-state index contributed by atoms with van der Waals surface area (Å²) in [6.07, 6.45) is 4.69. The second kappa shape index (κ2) is 5.10. The van der Waals surface area contributed by atoms with Gasteiger partial charge < -0.3 is 5.73 Å². The predicted octanol–water partition coefficient (Wildman–Crippen LogP) is 1.59. The molecule has 1 atom stereocenters. The Morgan fingerprint density at radius 2 is 2.25 bits per heavy atom. The summed E-state index contributed by atoms with van der Waals surface area (Å²) in [6.45, 7) is 5.12.